The summed E-state index contributed by atoms with van der Waals surface area (Å²) >= 11 is 1.38. The van der Waals surface area contributed by atoms with Gasteiger partial charge in [-0.1, -0.05) is 26.3 Å². The van der Waals surface area contributed by atoms with E-state index in [0.717, 1.165) is 44.7 Å². The average Bonchev–Trinajstić information content (AvgIpc) is 3.94. The molecule has 14 heteroatoms. The van der Waals surface area contributed by atoms with E-state index in [2.05, 4.69) is 54.3 Å². The molecule has 1 saturated heterocycles. The summed E-state index contributed by atoms with van der Waals surface area (Å²) in [6, 6.07) is 8.46. The highest BCUT2D eigenvalue weighted by Crippen LogP contribution is 2.42. The van der Waals surface area contributed by atoms with Crippen LogP contribution >= 0.6 is 11.3 Å². The molecule has 6 bridgehead atoms. The Morgan fingerprint density at radius 1 is 1.18 bits per heavy atom. The molecule has 55 heavy (non-hydrogen) atoms. The van der Waals surface area contributed by atoms with Crippen LogP contribution in [0.2, 0.25) is 0 Å². The molecule has 1 saturated carbocycles. The van der Waals surface area contributed by atoms with Crippen LogP contribution in [-0.2, 0) is 43.2 Å². The fourth-order valence-electron chi connectivity index (χ4n) is 8.46. The summed E-state index contributed by atoms with van der Waals surface area (Å²) in [5.41, 5.74) is 9.15. The van der Waals surface area contributed by atoms with E-state index in [1.165, 1.54) is 16.3 Å². The largest absolute Gasteiger partial charge is 0.464 e. The third-order valence-corrected chi connectivity index (χ3v) is 12.3. The number of esters is 1. The quantitative estimate of drug-likeness (QED) is 0.195. The molecule has 2 amide bonds. The first-order valence-corrected chi connectivity index (χ1v) is 20.2. The Hall–Kier alpha value is -4.27. The van der Waals surface area contributed by atoms with E-state index in [0.29, 0.717) is 50.2 Å². The number of hydrogen-bond donors (Lipinski definition) is 2. The fourth-order valence-corrected chi connectivity index (χ4v) is 9.31. The number of benzene rings is 1. The van der Waals surface area contributed by atoms with Crippen molar-refractivity contribution in [3.8, 4) is 22.5 Å². The number of alkyl halides is 2. The molecule has 2 fully saturated rings. The molecule has 1 aromatic carbocycles. The van der Waals surface area contributed by atoms with Gasteiger partial charge in [-0.25, -0.2) is 19.2 Å². The van der Waals surface area contributed by atoms with Crippen molar-refractivity contribution in [2.24, 2.45) is 17.3 Å². The van der Waals surface area contributed by atoms with Gasteiger partial charge < -0.3 is 19.4 Å². The van der Waals surface area contributed by atoms with Gasteiger partial charge in [-0.05, 0) is 75.8 Å². The average molecular weight is 777 g/mol. The Labute approximate surface area is 324 Å². The summed E-state index contributed by atoms with van der Waals surface area (Å²) in [6.45, 7) is 9.40. The summed E-state index contributed by atoms with van der Waals surface area (Å²) in [5.74, 6) is -3.40. The van der Waals surface area contributed by atoms with E-state index in [-0.39, 0.29) is 25.6 Å². The van der Waals surface area contributed by atoms with Crippen LogP contribution < -0.4 is 10.7 Å². The maximum atomic E-state index is 14.2. The van der Waals surface area contributed by atoms with Crippen molar-refractivity contribution < 1.29 is 32.6 Å². The van der Waals surface area contributed by atoms with Gasteiger partial charge in [0.25, 0.3) is 5.91 Å². The molecule has 1 aliphatic carbocycles. The highest BCUT2D eigenvalue weighted by Gasteiger charge is 2.41. The minimum absolute atomic E-state index is 0.0636. The zero-order chi connectivity index (χ0) is 39.0. The molecule has 2 N–H and O–H groups in total. The Bertz CT molecular complexity index is 2070. The summed E-state index contributed by atoms with van der Waals surface area (Å²) < 4.78 is 41.8. The standard InChI is InChI=1S/C41H50F2N6O5S/c1-6-48-33-15-14-24-18-28(33)29(36(48)27-12-8-16-44-35(27)23(2)53-5)20-41(3,4)22-54-40(52)30-13-9-17-49(47-30)39(51)31(19-34-45-32(24)21-55-34)46-38(50)26-11-7-10-25(26)37(42)43/h8,12,14-16,18,21,23,25-26,30-31,37,47H,6-7,9-11,13,17,19-20,22H2,1-5H3,(H,46,50)/t23-,25?,26?,30-,31-/m0/s1. The lowest BCUT2D eigenvalue weighted by molar-refractivity contribution is -0.155. The third kappa shape index (κ3) is 7.90. The van der Waals surface area contributed by atoms with E-state index < -0.39 is 53.5 Å². The van der Waals surface area contributed by atoms with Gasteiger partial charge in [-0.2, -0.15) is 0 Å². The summed E-state index contributed by atoms with van der Waals surface area (Å²) in [4.78, 5) is 51.1. The highest BCUT2D eigenvalue weighted by molar-refractivity contribution is 7.10. The number of methoxy groups -OCH3 is 1. The highest BCUT2D eigenvalue weighted by atomic mass is 32.1. The molecule has 3 aromatic heterocycles. The van der Waals surface area contributed by atoms with Crippen LogP contribution in [0.15, 0.2) is 41.9 Å². The second-order valence-electron chi connectivity index (χ2n) is 15.8. The molecule has 4 aromatic rings. The number of aromatic nitrogens is 3. The number of pyridine rings is 1. The van der Waals surface area contributed by atoms with Crippen LogP contribution in [0.1, 0.15) is 82.2 Å². The van der Waals surface area contributed by atoms with Crippen molar-refractivity contribution in [1.29, 1.82) is 0 Å². The first-order chi connectivity index (χ1) is 26.4. The molecule has 3 aliphatic rings. The van der Waals surface area contributed by atoms with E-state index in [4.69, 9.17) is 19.4 Å². The van der Waals surface area contributed by atoms with Crippen LogP contribution in [0.4, 0.5) is 8.78 Å². The second kappa shape index (κ2) is 16.1. The molecule has 11 nitrogen and oxygen atoms in total. The van der Waals surface area contributed by atoms with Gasteiger partial charge in [0.05, 0.1) is 34.8 Å². The minimum atomic E-state index is -2.62. The summed E-state index contributed by atoms with van der Waals surface area (Å²) in [6.07, 6.45) is 1.69. The second-order valence-corrected chi connectivity index (χ2v) is 16.8. The van der Waals surface area contributed by atoms with Gasteiger partial charge in [0.15, 0.2) is 0 Å². The summed E-state index contributed by atoms with van der Waals surface area (Å²) in [7, 11) is 1.68. The van der Waals surface area contributed by atoms with Crippen molar-refractivity contribution >= 4 is 40.0 Å². The van der Waals surface area contributed by atoms with Crippen LogP contribution in [0.25, 0.3) is 33.4 Å². The number of ether oxygens (including phenoxy) is 2. The molecule has 2 aliphatic heterocycles. The minimum Gasteiger partial charge on any atom is -0.464 e. The normalized spacial score (nSPS) is 23.8. The van der Waals surface area contributed by atoms with Crippen molar-refractivity contribution in [1.82, 2.24) is 30.3 Å². The SMILES string of the molecule is CCn1c(-c2cccnc2[C@H](C)OC)c2c3cc(ccc31)-c1csc(n1)C[C@H](NC(=O)C1CCCC1C(F)F)C(=O)N1CCC[C@H](N1)C(=O)OCC(C)(C)C2. The number of nitrogens with zero attached hydrogens (tertiary/aromatic N) is 4. The lowest BCUT2D eigenvalue weighted by Gasteiger charge is -2.35. The zero-order valence-corrected chi connectivity index (χ0v) is 32.9. The first kappa shape index (κ1) is 39.0. The van der Waals surface area contributed by atoms with Crippen molar-refractivity contribution in [3.05, 3.63) is 58.2 Å². The van der Waals surface area contributed by atoms with E-state index >= 15 is 0 Å². The topological polar surface area (TPSA) is 128 Å². The number of aryl methyl sites for hydroxylation is 1. The van der Waals surface area contributed by atoms with Crippen LogP contribution in [-0.4, -0.2) is 76.1 Å². The van der Waals surface area contributed by atoms with Gasteiger partial charge in [0, 0.05) is 77.5 Å². The molecule has 5 heterocycles. The molecule has 0 radical (unpaired) electrons. The zero-order valence-electron chi connectivity index (χ0n) is 32.1. The van der Waals surface area contributed by atoms with Gasteiger partial charge in [-0.3, -0.25) is 24.4 Å². The fraction of sp³-hybridized carbons (Fsp3) is 0.537. The molecular weight excluding hydrogens is 727 g/mol. The number of carbonyl (C=O) groups is 3. The number of hydrazine groups is 1. The predicted octanol–water partition coefficient (Wildman–Crippen LogP) is 6.88. The van der Waals surface area contributed by atoms with Crippen LogP contribution in [0, 0.1) is 17.3 Å². The number of nitrogens with one attached hydrogen (secondary N) is 2. The van der Waals surface area contributed by atoms with E-state index in [1.54, 1.807) is 13.3 Å². The van der Waals surface area contributed by atoms with Crippen LogP contribution in [0.5, 0.6) is 0 Å². The van der Waals surface area contributed by atoms with Crippen molar-refractivity contribution in [3.63, 3.8) is 0 Å². The number of thiazole rings is 1. The number of carbonyl (C=O) groups excluding carboxylic acids is 3. The molecular formula is C41H50F2N6O5S. The van der Waals surface area contributed by atoms with E-state index in [1.807, 2.05) is 24.4 Å². The monoisotopic (exact) mass is 776 g/mol. The lowest BCUT2D eigenvalue weighted by atomic mass is 9.84. The van der Waals surface area contributed by atoms with Gasteiger partial charge >= 0.3 is 5.97 Å². The number of amides is 2. The predicted molar refractivity (Wildman–Crippen MR) is 206 cm³/mol. The molecule has 5 atom stereocenters. The van der Waals surface area contributed by atoms with Gasteiger partial charge in [0.1, 0.15) is 12.1 Å². The number of rotatable bonds is 7. The van der Waals surface area contributed by atoms with E-state index in [9.17, 15) is 23.2 Å². The maximum Gasteiger partial charge on any atom is 0.324 e. The van der Waals surface area contributed by atoms with Crippen LogP contribution in [0.3, 0.4) is 0 Å². The van der Waals surface area contributed by atoms with Gasteiger partial charge in [-0.15, -0.1) is 11.3 Å². The Morgan fingerprint density at radius 2 is 2.00 bits per heavy atom. The Morgan fingerprint density at radius 3 is 2.76 bits per heavy atom. The smallest absolute Gasteiger partial charge is 0.324 e. The summed E-state index contributed by atoms with van der Waals surface area (Å²) in [5, 5.41) is 7.81. The maximum absolute atomic E-state index is 14.2. The Balaban J connectivity index is 1.33. The number of halogens is 2. The first-order valence-electron chi connectivity index (χ1n) is 19.3. The number of cyclic esters (lactones) is 1. The number of fused-ring (bicyclic) bond motifs is 6. The number of hydrogen-bond acceptors (Lipinski definition) is 9. The third-order valence-electron chi connectivity index (χ3n) is 11.4. The van der Waals surface area contributed by atoms with Crippen molar-refractivity contribution in [2.75, 3.05) is 20.3 Å². The molecule has 294 valence electrons. The molecule has 7 rings (SSSR count). The Kier molecular flexibility index (Phi) is 11.4. The molecule has 2 unspecified atom stereocenters. The van der Waals surface area contributed by atoms with Gasteiger partial charge in [0.2, 0.25) is 12.3 Å². The lowest BCUT2D eigenvalue weighted by Crippen LogP contribution is -2.61. The van der Waals surface area contributed by atoms with Crippen molar-refractivity contribution in [2.45, 2.75) is 104 Å². The molecule has 0 spiro atoms.